The second-order valence-corrected chi connectivity index (χ2v) is 6.74. The third-order valence-electron chi connectivity index (χ3n) is 4.63. The molecule has 4 heteroatoms. The highest BCUT2D eigenvalue weighted by atomic mass is 32.1. The van der Waals surface area contributed by atoms with Crippen molar-refractivity contribution < 1.29 is 4.79 Å². The van der Waals surface area contributed by atoms with Crippen LogP contribution in [0.1, 0.15) is 45.4 Å². The quantitative estimate of drug-likeness (QED) is 0.796. The summed E-state index contributed by atoms with van der Waals surface area (Å²) < 4.78 is 0. The molecule has 0 atom stereocenters. The van der Waals surface area contributed by atoms with Crippen LogP contribution in [0.4, 0.5) is 0 Å². The van der Waals surface area contributed by atoms with E-state index < -0.39 is 5.41 Å². The number of amides is 1. The molecule has 1 amide bonds. The zero-order valence-electron chi connectivity index (χ0n) is 11.4. The monoisotopic (exact) mass is 268 g/mol. The molecule has 0 aromatic carbocycles. The molecule has 2 saturated carbocycles. The molecule has 0 aromatic heterocycles. The summed E-state index contributed by atoms with van der Waals surface area (Å²) in [5.41, 5.74) is 5.30. The summed E-state index contributed by atoms with van der Waals surface area (Å²) in [5, 5.41) is 0. The Hall–Kier alpha value is -0.640. The van der Waals surface area contributed by atoms with Gasteiger partial charge < -0.3 is 10.6 Å². The molecule has 102 valence electrons. The zero-order chi connectivity index (χ0) is 13.3. The summed E-state index contributed by atoms with van der Waals surface area (Å²) in [4.78, 5) is 14.8. The van der Waals surface area contributed by atoms with E-state index in [1.54, 1.807) is 0 Å². The van der Waals surface area contributed by atoms with Gasteiger partial charge in [-0.2, -0.15) is 0 Å². The molecule has 0 radical (unpaired) electrons. The number of hydrogen-bond donors (Lipinski definition) is 1. The van der Waals surface area contributed by atoms with E-state index in [0.717, 1.165) is 19.4 Å². The fourth-order valence-corrected chi connectivity index (χ4v) is 3.89. The summed E-state index contributed by atoms with van der Waals surface area (Å²) >= 11 is 5.14. The summed E-state index contributed by atoms with van der Waals surface area (Å²) in [6.07, 6.45) is 6.79. The predicted molar refractivity (Wildman–Crippen MR) is 77.2 cm³/mol. The number of nitrogens with two attached hydrogens (primary N) is 1. The first-order chi connectivity index (χ1) is 8.45. The van der Waals surface area contributed by atoms with Crippen LogP contribution in [0.25, 0.3) is 0 Å². The second kappa shape index (κ2) is 5.16. The number of hydrogen-bond acceptors (Lipinski definition) is 2. The van der Waals surface area contributed by atoms with Crippen LogP contribution in [0.5, 0.6) is 0 Å². The Bertz CT molecular complexity index is 344. The van der Waals surface area contributed by atoms with Crippen LogP contribution in [0.2, 0.25) is 0 Å². The van der Waals surface area contributed by atoms with E-state index in [1.807, 2.05) is 11.9 Å². The smallest absolute Gasteiger partial charge is 0.235 e. The lowest BCUT2D eigenvalue weighted by atomic mass is 9.61. The van der Waals surface area contributed by atoms with Crippen molar-refractivity contribution >= 4 is 23.1 Å². The van der Waals surface area contributed by atoms with E-state index in [9.17, 15) is 4.79 Å². The van der Waals surface area contributed by atoms with E-state index in [4.69, 9.17) is 18.0 Å². The van der Waals surface area contributed by atoms with Gasteiger partial charge >= 0.3 is 0 Å². The molecular weight excluding hydrogens is 244 g/mol. The van der Waals surface area contributed by atoms with Gasteiger partial charge in [0, 0.05) is 13.6 Å². The Labute approximate surface area is 115 Å². The highest BCUT2D eigenvalue weighted by molar-refractivity contribution is 7.80. The van der Waals surface area contributed by atoms with Crippen LogP contribution in [-0.4, -0.2) is 29.4 Å². The zero-order valence-corrected chi connectivity index (χ0v) is 12.3. The van der Waals surface area contributed by atoms with Crippen LogP contribution in [0, 0.1) is 17.3 Å². The minimum absolute atomic E-state index is 0.153. The lowest BCUT2D eigenvalue weighted by Crippen LogP contribution is -2.56. The fourth-order valence-electron chi connectivity index (χ4n) is 3.64. The predicted octanol–water partition coefficient (Wildman–Crippen LogP) is 2.34. The van der Waals surface area contributed by atoms with Gasteiger partial charge in [-0.3, -0.25) is 4.79 Å². The van der Waals surface area contributed by atoms with Gasteiger partial charge in [0.1, 0.15) is 0 Å². The van der Waals surface area contributed by atoms with Crippen molar-refractivity contribution in [2.45, 2.75) is 45.4 Å². The normalized spacial score (nSPS) is 32.0. The number of carbonyl (C=O) groups excluding carboxylic acids is 1. The third kappa shape index (κ3) is 2.40. The van der Waals surface area contributed by atoms with Crippen LogP contribution in [-0.2, 0) is 4.79 Å². The van der Waals surface area contributed by atoms with Crippen molar-refractivity contribution in [3.8, 4) is 0 Å². The molecule has 2 N–H and O–H groups in total. The Kier molecular flexibility index (Phi) is 3.95. The molecule has 0 spiro atoms. The molecule has 0 bridgehead atoms. The standard InChI is InChI=1S/C14H24N2OS/c1-10-7-14(8-10,12(15)18)13(17)16(2)9-11-5-3-4-6-11/h10-11H,3-9H2,1-2H3,(H2,15,18). The van der Waals surface area contributed by atoms with Crippen LogP contribution in [0.3, 0.4) is 0 Å². The van der Waals surface area contributed by atoms with Crippen molar-refractivity contribution in [2.75, 3.05) is 13.6 Å². The van der Waals surface area contributed by atoms with Gasteiger partial charge in [0.05, 0.1) is 10.4 Å². The summed E-state index contributed by atoms with van der Waals surface area (Å²) in [5.74, 6) is 1.40. The van der Waals surface area contributed by atoms with Gasteiger partial charge in [-0.15, -0.1) is 0 Å². The van der Waals surface area contributed by atoms with E-state index in [-0.39, 0.29) is 5.91 Å². The molecule has 0 aromatic rings. The Morgan fingerprint density at radius 2 is 1.94 bits per heavy atom. The number of thiocarbonyl (C=S) groups is 1. The summed E-state index contributed by atoms with van der Waals surface area (Å²) in [6.45, 7) is 3.03. The summed E-state index contributed by atoms with van der Waals surface area (Å²) in [7, 11) is 1.91. The number of rotatable bonds is 4. The highest BCUT2D eigenvalue weighted by Crippen LogP contribution is 2.47. The maximum Gasteiger partial charge on any atom is 0.235 e. The topological polar surface area (TPSA) is 46.3 Å². The minimum atomic E-state index is -0.526. The molecule has 18 heavy (non-hydrogen) atoms. The molecule has 0 heterocycles. The van der Waals surface area contributed by atoms with Crippen molar-refractivity contribution in [1.29, 1.82) is 0 Å². The van der Waals surface area contributed by atoms with Gasteiger partial charge in [-0.25, -0.2) is 0 Å². The van der Waals surface area contributed by atoms with Crippen molar-refractivity contribution in [3.05, 3.63) is 0 Å². The first-order valence-electron chi connectivity index (χ1n) is 7.01. The first-order valence-corrected chi connectivity index (χ1v) is 7.42. The minimum Gasteiger partial charge on any atom is -0.392 e. The van der Waals surface area contributed by atoms with Gasteiger partial charge in [0.15, 0.2) is 0 Å². The van der Waals surface area contributed by atoms with Crippen LogP contribution < -0.4 is 5.73 Å². The molecule has 2 aliphatic carbocycles. The van der Waals surface area contributed by atoms with Gasteiger partial charge in [0.25, 0.3) is 0 Å². The maximum atomic E-state index is 12.6. The summed E-state index contributed by atoms with van der Waals surface area (Å²) in [6, 6.07) is 0. The molecule has 2 rings (SSSR count). The van der Waals surface area contributed by atoms with Gasteiger partial charge in [-0.1, -0.05) is 32.0 Å². The van der Waals surface area contributed by atoms with Crippen molar-refractivity contribution in [1.82, 2.24) is 4.90 Å². The maximum absolute atomic E-state index is 12.6. The molecule has 0 saturated heterocycles. The molecule has 0 aliphatic heterocycles. The van der Waals surface area contributed by atoms with E-state index in [2.05, 4.69) is 6.92 Å². The lowest BCUT2D eigenvalue weighted by Gasteiger charge is -2.46. The fraction of sp³-hybridized carbons (Fsp3) is 0.857. The van der Waals surface area contributed by atoms with Gasteiger partial charge in [-0.05, 0) is 37.5 Å². The lowest BCUT2D eigenvalue weighted by molar-refractivity contribution is -0.143. The first kappa shape index (κ1) is 13.8. The van der Waals surface area contributed by atoms with Crippen molar-refractivity contribution in [2.24, 2.45) is 23.0 Å². The Morgan fingerprint density at radius 1 is 1.39 bits per heavy atom. The van der Waals surface area contributed by atoms with Crippen LogP contribution in [0.15, 0.2) is 0 Å². The molecule has 2 aliphatic rings. The average Bonchev–Trinajstić information content (AvgIpc) is 2.75. The van der Waals surface area contributed by atoms with E-state index >= 15 is 0 Å². The van der Waals surface area contributed by atoms with Crippen molar-refractivity contribution in [3.63, 3.8) is 0 Å². The van der Waals surface area contributed by atoms with Crippen LogP contribution >= 0.6 is 12.2 Å². The molecular formula is C14H24N2OS. The highest BCUT2D eigenvalue weighted by Gasteiger charge is 2.52. The Balaban J connectivity index is 1.98. The molecule has 3 nitrogen and oxygen atoms in total. The largest absolute Gasteiger partial charge is 0.392 e. The van der Waals surface area contributed by atoms with Gasteiger partial charge in [0.2, 0.25) is 5.91 Å². The number of carbonyl (C=O) groups is 1. The van der Waals surface area contributed by atoms with E-state index in [1.165, 1.54) is 25.7 Å². The third-order valence-corrected chi connectivity index (χ3v) is 5.02. The van der Waals surface area contributed by atoms with E-state index in [0.29, 0.717) is 16.8 Å². The average molecular weight is 268 g/mol. The number of nitrogens with zero attached hydrogens (tertiary/aromatic N) is 1. The Morgan fingerprint density at radius 3 is 2.39 bits per heavy atom. The molecule has 2 fully saturated rings. The SMILES string of the molecule is CC1CC(C(=O)N(C)CC2CCCC2)(C(N)=S)C1. The second-order valence-electron chi connectivity index (χ2n) is 6.30. The molecule has 0 unspecified atom stereocenters.